The third kappa shape index (κ3) is 3.64. The van der Waals surface area contributed by atoms with Crippen molar-refractivity contribution in [3.05, 3.63) is 23.8 Å². The van der Waals surface area contributed by atoms with Gasteiger partial charge in [0.1, 0.15) is 4.90 Å². The van der Waals surface area contributed by atoms with Crippen molar-refractivity contribution in [1.29, 1.82) is 0 Å². The lowest BCUT2D eigenvalue weighted by Crippen LogP contribution is -2.15. The molecule has 0 aliphatic carbocycles. The summed E-state index contributed by atoms with van der Waals surface area (Å²) in [6, 6.07) is 1.95. The van der Waals surface area contributed by atoms with Gasteiger partial charge < -0.3 is 4.74 Å². The van der Waals surface area contributed by atoms with E-state index in [2.05, 4.69) is 0 Å². The Morgan fingerprint density at radius 2 is 1.89 bits per heavy atom. The van der Waals surface area contributed by atoms with Crippen molar-refractivity contribution in [2.75, 3.05) is 6.61 Å². The molecule has 102 valence electrons. The summed E-state index contributed by atoms with van der Waals surface area (Å²) in [6.45, 7) is 2.25. The number of primary sulfonamides is 1. The molecule has 0 bridgehead atoms. The molecule has 1 aromatic carbocycles. The molecule has 2 N–H and O–H groups in total. The Morgan fingerprint density at radius 3 is 2.44 bits per heavy atom. The van der Waals surface area contributed by atoms with E-state index in [-0.39, 0.29) is 12.4 Å². The molecule has 0 spiro atoms. The van der Waals surface area contributed by atoms with E-state index in [1.165, 1.54) is 0 Å². The third-order valence-corrected chi connectivity index (χ3v) is 3.25. The molecule has 1 rings (SSSR count). The van der Waals surface area contributed by atoms with Gasteiger partial charge in [-0.1, -0.05) is 19.8 Å². The Kier molecular flexibility index (Phi) is 5.03. The van der Waals surface area contributed by atoms with Crippen molar-refractivity contribution in [3.63, 3.8) is 0 Å². The molecule has 0 radical (unpaired) electrons. The summed E-state index contributed by atoms with van der Waals surface area (Å²) in [4.78, 5) is -0.874. The molecule has 4 nitrogen and oxygen atoms in total. The van der Waals surface area contributed by atoms with E-state index < -0.39 is 26.6 Å². The zero-order valence-electron chi connectivity index (χ0n) is 9.95. The van der Waals surface area contributed by atoms with Crippen LogP contribution in [0.1, 0.15) is 26.2 Å². The van der Waals surface area contributed by atoms with Crippen LogP contribution in [0.4, 0.5) is 8.78 Å². The summed E-state index contributed by atoms with van der Waals surface area (Å²) in [5, 5.41) is 4.74. The monoisotopic (exact) mass is 279 g/mol. The summed E-state index contributed by atoms with van der Waals surface area (Å²) < 4.78 is 53.8. The number of halogens is 2. The van der Waals surface area contributed by atoms with Gasteiger partial charge in [0.05, 0.1) is 6.61 Å². The van der Waals surface area contributed by atoms with Crippen LogP contribution in [0.3, 0.4) is 0 Å². The maximum atomic E-state index is 13.5. The van der Waals surface area contributed by atoms with Crippen molar-refractivity contribution in [3.8, 4) is 5.75 Å². The number of sulfonamides is 1. The number of hydrogen-bond donors (Lipinski definition) is 1. The second kappa shape index (κ2) is 6.10. The summed E-state index contributed by atoms with van der Waals surface area (Å²) in [6.07, 6.45) is 2.61. The highest BCUT2D eigenvalue weighted by molar-refractivity contribution is 7.89. The van der Waals surface area contributed by atoms with E-state index in [0.29, 0.717) is 6.42 Å². The fraction of sp³-hybridized carbons (Fsp3) is 0.455. The molecule has 0 aromatic heterocycles. The SMILES string of the molecule is CCCCCOc1ccc(S(N)(=O)=O)c(F)c1F. The van der Waals surface area contributed by atoms with Crippen molar-refractivity contribution in [2.24, 2.45) is 5.14 Å². The van der Waals surface area contributed by atoms with Crippen LogP contribution in [0.2, 0.25) is 0 Å². The molecule has 0 atom stereocenters. The van der Waals surface area contributed by atoms with E-state index in [0.717, 1.165) is 25.0 Å². The lowest BCUT2D eigenvalue weighted by molar-refractivity contribution is 0.284. The van der Waals surface area contributed by atoms with Gasteiger partial charge in [-0.05, 0) is 18.6 Å². The molecule has 0 fully saturated rings. The lowest BCUT2D eigenvalue weighted by Gasteiger charge is -2.09. The summed E-state index contributed by atoms with van der Waals surface area (Å²) in [7, 11) is -4.27. The Bertz CT molecular complexity index is 517. The first kappa shape index (κ1) is 14.8. The van der Waals surface area contributed by atoms with Crippen LogP contribution in [-0.4, -0.2) is 15.0 Å². The van der Waals surface area contributed by atoms with E-state index in [1.54, 1.807) is 0 Å². The second-order valence-corrected chi connectivity index (χ2v) is 5.32. The molecule has 0 amide bonds. The third-order valence-electron chi connectivity index (χ3n) is 2.32. The predicted octanol–water partition coefficient (Wildman–Crippen LogP) is 2.18. The van der Waals surface area contributed by atoms with E-state index in [9.17, 15) is 17.2 Å². The molecule has 7 heteroatoms. The van der Waals surface area contributed by atoms with Gasteiger partial charge in [0, 0.05) is 0 Å². The van der Waals surface area contributed by atoms with Gasteiger partial charge >= 0.3 is 0 Å². The van der Waals surface area contributed by atoms with E-state index >= 15 is 0 Å². The van der Waals surface area contributed by atoms with Crippen LogP contribution in [-0.2, 0) is 10.0 Å². The number of unbranched alkanes of at least 4 members (excludes halogenated alkanes) is 2. The van der Waals surface area contributed by atoms with Gasteiger partial charge in [-0.2, -0.15) is 4.39 Å². The number of nitrogens with two attached hydrogens (primary N) is 1. The highest BCUT2D eigenvalue weighted by atomic mass is 32.2. The maximum Gasteiger partial charge on any atom is 0.241 e. The van der Waals surface area contributed by atoms with Crippen molar-refractivity contribution < 1.29 is 21.9 Å². The standard InChI is InChI=1S/C11H15F2NO3S/c1-2-3-4-7-17-8-5-6-9(18(14,15)16)11(13)10(8)12/h5-6H,2-4,7H2,1H3,(H2,14,15,16). The molecule has 0 aliphatic heterocycles. The Morgan fingerprint density at radius 1 is 1.22 bits per heavy atom. The fourth-order valence-corrected chi connectivity index (χ4v) is 1.98. The smallest absolute Gasteiger partial charge is 0.241 e. The Hall–Kier alpha value is -1.21. The van der Waals surface area contributed by atoms with Gasteiger partial charge in [-0.3, -0.25) is 0 Å². The lowest BCUT2D eigenvalue weighted by atomic mass is 10.2. The molecule has 18 heavy (non-hydrogen) atoms. The number of hydrogen-bond acceptors (Lipinski definition) is 3. The number of rotatable bonds is 6. The number of benzene rings is 1. The van der Waals surface area contributed by atoms with E-state index in [4.69, 9.17) is 9.88 Å². The molecule has 0 aliphatic rings. The van der Waals surface area contributed by atoms with E-state index in [1.807, 2.05) is 6.92 Å². The summed E-state index contributed by atoms with van der Waals surface area (Å²) >= 11 is 0. The molecular formula is C11H15F2NO3S. The summed E-state index contributed by atoms with van der Waals surface area (Å²) in [5.41, 5.74) is 0. The first-order valence-corrected chi connectivity index (χ1v) is 7.06. The Balaban J connectivity index is 2.88. The van der Waals surface area contributed by atoms with Crippen LogP contribution in [0, 0.1) is 11.6 Å². The van der Waals surface area contributed by atoms with Crippen molar-refractivity contribution in [1.82, 2.24) is 0 Å². The summed E-state index contributed by atoms with van der Waals surface area (Å²) in [5.74, 6) is -3.15. The predicted molar refractivity (Wildman–Crippen MR) is 62.8 cm³/mol. The minimum absolute atomic E-state index is 0.249. The van der Waals surface area contributed by atoms with Gasteiger partial charge in [0.2, 0.25) is 15.8 Å². The quantitative estimate of drug-likeness (QED) is 0.811. The Labute approximate surface area is 105 Å². The molecule has 0 saturated heterocycles. The molecular weight excluding hydrogens is 264 g/mol. The first-order chi connectivity index (χ1) is 8.38. The topological polar surface area (TPSA) is 69.4 Å². The highest BCUT2D eigenvalue weighted by Crippen LogP contribution is 2.25. The van der Waals surface area contributed by atoms with Crippen molar-refractivity contribution >= 4 is 10.0 Å². The van der Waals surface area contributed by atoms with Crippen molar-refractivity contribution in [2.45, 2.75) is 31.1 Å². The first-order valence-electron chi connectivity index (χ1n) is 5.51. The minimum Gasteiger partial charge on any atom is -0.490 e. The molecule has 0 unspecified atom stereocenters. The minimum atomic E-state index is -4.27. The zero-order chi connectivity index (χ0) is 13.8. The largest absolute Gasteiger partial charge is 0.490 e. The maximum absolute atomic E-state index is 13.5. The van der Waals surface area contributed by atoms with Crippen LogP contribution in [0.15, 0.2) is 17.0 Å². The molecule has 0 heterocycles. The van der Waals surface area contributed by atoms with Crippen LogP contribution in [0.25, 0.3) is 0 Å². The van der Waals surface area contributed by atoms with Gasteiger partial charge in [-0.25, -0.2) is 17.9 Å². The second-order valence-electron chi connectivity index (χ2n) is 3.79. The van der Waals surface area contributed by atoms with Gasteiger partial charge in [0.25, 0.3) is 0 Å². The van der Waals surface area contributed by atoms with Crippen LogP contribution < -0.4 is 9.88 Å². The zero-order valence-corrected chi connectivity index (χ0v) is 10.8. The van der Waals surface area contributed by atoms with Crippen LogP contribution in [0.5, 0.6) is 5.75 Å². The average molecular weight is 279 g/mol. The highest BCUT2D eigenvalue weighted by Gasteiger charge is 2.21. The van der Waals surface area contributed by atoms with Gasteiger partial charge in [-0.15, -0.1) is 0 Å². The fourth-order valence-electron chi connectivity index (χ4n) is 1.38. The van der Waals surface area contributed by atoms with Gasteiger partial charge in [0.15, 0.2) is 11.6 Å². The average Bonchev–Trinajstić information content (AvgIpc) is 2.28. The number of ether oxygens (including phenoxy) is 1. The van der Waals surface area contributed by atoms with Crippen LogP contribution >= 0.6 is 0 Å². The normalized spacial score (nSPS) is 11.6. The molecule has 0 saturated carbocycles. The molecule has 1 aromatic rings.